The molecule has 0 bridgehead atoms. The molecule has 0 saturated carbocycles. The number of hydrogen-bond acceptors (Lipinski definition) is 3. The van der Waals surface area contributed by atoms with Gasteiger partial charge >= 0.3 is 6.03 Å². The van der Waals surface area contributed by atoms with Crippen molar-refractivity contribution in [2.45, 2.75) is 32.2 Å². The molecule has 4 rings (SSSR count). The van der Waals surface area contributed by atoms with E-state index in [0.29, 0.717) is 17.2 Å². The van der Waals surface area contributed by atoms with Crippen LogP contribution in [0.15, 0.2) is 66.7 Å². The molecule has 6 nitrogen and oxygen atoms in total. The highest BCUT2D eigenvalue weighted by molar-refractivity contribution is 6.11. The number of benzene rings is 3. The molecule has 6 heteroatoms. The third-order valence-electron chi connectivity index (χ3n) is 5.77. The van der Waals surface area contributed by atoms with Gasteiger partial charge in [-0.3, -0.25) is 14.5 Å². The van der Waals surface area contributed by atoms with E-state index in [1.54, 1.807) is 6.92 Å². The van der Waals surface area contributed by atoms with Crippen LogP contribution in [0, 0.1) is 0 Å². The van der Waals surface area contributed by atoms with E-state index < -0.39 is 23.4 Å². The Hall–Kier alpha value is -3.67. The minimum atomic E-state index is -1.24. The average Bonchev–Trinajstić information content (AvgIpc) is 2.97. The number of nitrogens with zero attached hydrogens (tertiary/aromatic N) is 1. The summed E-state index contributed by atoms with van der Waals surface area (Å²) in [7, 11) is 0. The number of fused-ring (bicyclic) bond motifs is 1. The van der Waals surface area contributed by atoms with Gasteiger partial charge in [-0.05, 0) is 46.9 Å². The van der Waals surface area contributed by atoms with Crippen LogP contribution < -0.4 is 10.6 Å². The SMILES string of the molecule is CC(C)c1ccc(NC(=O)CN2C(=O)NC(C)(c3cccc4ccccc34)C2=O)cc1. The second-order valence-corrected chi connectivity index (χ2v) is 8.30. The van der Waals surface area contributed by atoms with Gasteiger partial charge in [0.25, 0.3) is 5.91 Å². The Labute approximate surface area is 181 Å². The second-order valence-electron chi connectivity index (χ2n) is 8.30. The van der Waals surface area contributed by atoms with Gasteiger partial charge in [0, 0.05) is 5.69 Å². The lowest BCUT2D eigenvalue weighted by Gasteiger charge is -2.24. The quantitative estimate of drug-likeness (QED) is 0.608. The van der Waals surface area contributed by atoms with E-state index in [9.17, 15) is 14.4 Å². The Kier molecular flexibility index (Phi) is 5.23. The summed E-state index contributed by atoms with van der Waals surface area (Å²) in [5.74, 6) is -0.482. The van der Waals surface area contributed by atoms with Gasteiger partial charge in [-0.25, -0.2) is 4.79 Å². The van der Waals surface area contributed by atoms with Crippen LogP contribution in [0.3, 0.4) is 0 Å². The summed E-state index contributed by atoms with van der Waals surface area (Å²) in [5.41, 5.74) is 1.25. The zero-order valence-electron chi connectivity index (χ0n) is 17.8. The van der Waals surface area contributed by atoms with Crippen LogP contribution in [-0.2, 0) is 15.1 Å². The predicted octanol–water partition coefficient (Wildman–Crippen LogP) is 4.37. The van der Waals surface area contributed by atoms with E-state index in [4.69, 9.17) is 0 Å². The van der Waals surface area contributed by atoms with Crippen molar-refractivity contribution in [2.24, 2.45) is 0 Å². The lowest BCUT2D eigenvalue weighted by Crippen LogP contribution is -2.42. The molecule has 1 aliphatic heterocycles. The van der Waals surface area contributed by atoms with Gasteiger partial charge < -0.3 is 10.6 Å². The van der Waals surface area contributed by atoms with Crippen molar-refractivity contribution in [3.05, 3.63) is 77.9 Å². The van der Waals surface area contributed by atoms with Crippen LogP contribution in [0.5, 0.6) is 0 Å². The number of urea groups is 1. The van der Waals surface area contributed by atoms with Crippen LogP contribution in [0.2, 0.25) is 0 Å². The van der Waals surface area contributed by atoms with Crippen molar-refractivity contribution >= 4 is 34.3 Å². The summed E-state index contributed by atoms with van der Waals surface area (Å²) in [6, 6.07) is 20.3. The summed E-state index contributed by atoms with van der Waals surface area (Å²) in [6.45, 7) is 5.52. The van der Waals surface area contributed by atoms with Gasteiger partial charge in [-0.1, -0.05) is 68.4 Å². The molecule has 4 amide bonds. The van der Waals surface area contributed by atoms with Crippen molar-refractivity contribution in [1.29, 1.82) is 0 Å². The molecule has 0 spiro atoms. The highest BCUT2D eigenvalue weighted by Gasteiger charge is 2.50. The Balaban J connectivity index is 1.53. The van der Waals surface area contributed by atoms with E-state index in [1.165, 1.54) is 0 Å². The van der Waals surface area contributed by atoms with Gasteiger partial charge in [-0.2, -0.15) is 0 Å². The number of rotatable bonds is 5. The number of amides is 4. The molecule has 158 valence electrons. The summed E-state index contributed by atoms with van der Waals surface area (Å²) in [4.78, 5) is 39.4. The molecular formula is C25H25N3O3. The summed E-state index contributed by atoms with van der Waals surface area (Å²) < 4.78 is 0. The van der Waals surface area contributed by atoms with E-state index in [-0.39, 0.29) is 6.54 Å². The standard InChI is InChI=1S/C25H25N3O3/c1-16(2)17-11-13-19(14-12-17)26-22(29)15-28-23(30)25(3,27-24(28)31)21-10-6-8-18-7-4-5-9-20(18)21/h4-14,16H,15H2,1-3H3,(H,26,29)(H,27,31). The molecule has 3 aromatic rings. The van der Waals surface area contributed by atoms with Crippen LogP contribution >= 0.6 is 0 Å². The van der Waals surface area contributed by atoms with E-state index >= 15 is 0 Å². The second kappa shape index (κ2) is 7.87. The molecule has 1 heterocycles. The van der Waals surface area contributed by atoms with Crippen LogP contribution in [0.1, 0.15) is 37.8 Å². The van der Waals surface area contributed by atoms with Gasteiger partial charge in [-0.15, -0.1) is 0 Å². The molecule has 1 saturated heterocycles. The molecule has 0 radical (unpaired) electrons. The molecule has 0 aliphatic carbocycles. The van der Waals surface area contributed by atoms with Crippen molar-refractivity contribution in [1.82, 2.24) is 10.2 Å². The lowest BCUT2D eigenvalue weighted by atomic mass is 9.88. The molecule has 3 aromatic carbocycles. The first-order valence-corrected chi connectivity index (χ1v) is 10.3. The van der Waals surface area contributed by atoms with E-state index in [1.807, 2.05) is 66.7 Å². The molecule has 1 aliphatic rings. The Morgan fingerprint density at radius 3 is 2.39 bits per heavy atom. The largest absolute Gasteiger partial charge is 0.325 e. The first-order chi connectivity index (χ1) is 14.8. The molecule has 31 heavy (non-hydrogen) atoms. The molecule has 1 atom stereocenters. The van der Waals surface area contributed by atoms with Gasteiger partial charge in [0.2, 0.25) is 5.91 Å². The van der Waals surface area contributed by atoms with Gasteiger partial charge in [0.1, 0.15) is 12.1 Å². The first kappa shape index (κ1) is 20.6. The topological polar surface area (TPSA) is 78.5 Å². The normalized spacial score (nSPS) is 18.5. The number of imide groups is 1. The van der Waals surface area contributed by atoms with E-state index in [0.717, 1.165) is 21.2 Å². The molecule has 2 N–H and O–H groups in total. The number of hydrogen-bond donors (Lipinski definition) is 2. The van der Waals surface area contributed by atoms with Crippen molar-refractivity contribution in [3.63, 3.8) is 0 Å². The monoisotopic (exact) mass is 415 g/mol. The Morgan fingerprint density at radius 2 is 1.68 bits per heavy atom. The third-order valence-corrected chi connectivity index (χ3v) is 5.77. The number of carbonyl (C=O) groups is 3. The zero-order chi connectivity index (χ0) is 22.2. The van der Waals surface area contributed by atoms with Crippen LogP contribution in [-0.4, -0.2) is 29.3 Å². The van der Waals surface area contributed by atoms with Crippen LogP contribution in [0.4, 0.5) is 10.5 Å². The summed E-state index contributed by atoms with van der Waals surface area (Å²) in [5, 5.41) is 7.41. The molecule has 1 unspecified atom stereocenters. The maximum Gasteiger partial charge on any atom is 0.325 e. The first-order valence-electron chi connectivity index (χ1n) is 10.3. The summed E-state index contributed by atoms with van der Waals surface area (Å²) >= 11 is 0. The minimum absolute atomic E-state index is 0.350. The average molecular weight is 415 g/mol. The third kappa shape index (κ3) is 3.77. The highest BCUT2D eigenvalue weighted by Crippen LogP contribution is 2.33. The fraction of sp³-hybridized carbons (Fsp3) is 0.240. The van der Waals surface area contributed by atoms with E-state index in [2.05, 4.69) is 24.5 Å². The predicted molar refractivity (Wildman–Crippen MR) is 121 cm³/mol. The number of nitrogens with one attached hydrogen (secondary N) is 2. The maximum absolute atomic E-state index is 13.3. The molecule has 1 fully saturated rings. The van der Waals surface area contributed by atoms with Crippen LogP contribution in [0.25, 0.3) is 10.8 Å². The summed E-state index contributed by atoms with van der Waals surface area (Å²) in [6.07, 6.45) is 0. The maximum atomic E-state index is 13.3. The van der Waals surface area contributed by atoms with Crippen molar-refractivity contribution in [2.75, 3.05) is 11.9 Å². The van der Waals surface area contributed by atoms with Gasteiger partial charge in [0.05, 0.1) is 0 Å². The zero-order valence-corrected chi connectivity index (χ0v) is 17.8. The van der Waals surface area contributed by atoms with Gasteiger partial charge in [0.15, 0.2) is 0 Å². The van der Waals surface area contributed by atoms with Crippen molar-refractivity contribution < 1.29 is 14.4 Å². The number of carbonyl (C=O) groups excluding carboxylic acids is 3. The highest BCUT2D eigenvalue weighted by atomic mass is 16.2. The molecule has 0 aromatic heterocycles. The number of anilines is 1. The van der Waals surface area contributed by atoms with Crippen molar-refractivity contribution in [3.8, 4) is 0 Å². The fourth-order valence-corrected chi connectivity index (χ4v) is 3.98. The lowest BCUT2D eigenvalue weighted by molar-refractivity contribution is -0.133. The smallest absolute Gasteiger partial charge is 0.325 e. The Bertz CT molecular complexity index is 1160. The molecular weight excluding hydrogens is 390 g/mol. The Morgan fingerprint density at radius 1 is 1.00 bits per heavy atom. The fourth-order valence-electron chi connectivity index (χ4n) is 3.98. The minimum Gasteiger partial charge on any atom is -0.325 e.